The molecule has 0 saturated heterocycles. The van der Waals surface area contributed by atoms with Crippen LogP contribution in [0.3, 0.4) is 0 Å². The van der Waals surface area contributed by atoms with E-state index in [1.807, 2.05) is 25.1 Å². The van der Waals surface area contributed by atoms with Gasteiger partial charge in [0.15, 0.2) is 17.4 Å². The zero-order valence-corrected chi connectivity index (χ0v) is 11.2. The van der Waals surface area contributed by atoms with Crippen LogP contribution in [0.15, 0.2) is 36.5 Å². The lowest BCUT2D eigenvalue weighted by Gasteiger charge is -2.05. The molecule has 0 unspecified atom stereocenters. The van der Waals surface area contributed by atoms with E-state index in [1.165, 1.54) is 0 Å². The Morgan fingerprint density at radius 2 is 1.81 bits per heavy atom. The molecule has 0 aliphatic heterocycles. The van der Waals surface area contributed by atoms with Gasteiger partial charge in [-0.3, -0.25) is 4.79 Å². The van der Waals surface area contributed by atoms with Crippen molar-refractivity contribution in [2.24, 2.45) is 0 Å². The highest BCUT2D eigenvalue weighted by molar-refractivity contribution is 6.18. The summed E-state index contributed by atoms with van der Waals surface area (Å²) in [6.45, 7) is 1.94. The average molecular weight is 286 g/mol. The van der Waals surface area contributed by atoms with Gasteiger partial charge in [-0.15, -0.1) is 0 Å². The second-order valence-corrected chi connectivity index (χ2v) is 4.93. The van der Waals surface area contributed by atoms with Crippen LogP contribution in [0.2, 0.25) is 0 Å². The molecule has 5 heteroatoms. The van der Waals surface area contributed by atoms with Gasteiger partial charge in [0, 0.05) is 40.0 Å². The van der Waals surface area contributed by atoms with Crippen LogP contribution in [-0.2, 0) is 0 Å². The lowest BCUT2D eigenvalue weighted by molar-refractivity contribution is 0.104. The van der Waals surface area contributed by atoms with Crippen LogP contribution >= 0.6 is 0 Å². The number of nitrogen functional groups attached to an aromatic ring is 1. The Morgan fingerprint density at radius 1 is 1.10 bits per heavy atom. The highest BCUT2D eigenvalue weighted by Crippen LogP contribution is 2.25. The smallest absolute Gasteiger partial charge is 0.197 e. The van der Waals surface area contributed by atoms with E-state index in [4.69, 9.17) is 5.73 Å². The lowest BCUT2D eigenvalue weighted by Crippen LogP contribution is -2.06. The number of H-pyrrole nitrogens is 1. The predicted molar refractivity (Wildman–Crippen MR) is 77.2 cm³/mol. The predicted octanol–water partition coefficient (Wildman–Crippen LogP) is 3.57. The largest absolute Gasteiger partial charge is 0.398 e. The molecule has 3 aromatic rings. The van der Waals surface area contributed by atoms with Crippen molar-refractivity contribution in [3.8, 4) is 0 Å². The first-order chi connectivity index (χ1) is 9.97. The number of nitrogens with two attached hydrogens (primary N) is 1. The molecule has 2 aromatic carbocycles. The number of halogens is 2. The number of carbonyl (C=O) groups is 1. The number of aromatic amines is 1. The van der Waals surface area contributed by atoms with E-state index < -0.39 is 17.4 Å². The molecule has 0 spiro atoms. The highest BCUT2D eigenvalue weighted by Gasteiger charge is 2.19. The molecular formula is C16H12F2N2O. The second kappa shape index (κ2) is 4.70. The van der Waals surface area contributed by atoms with Gasteiger partial charge in [0.2, 0.25) is 0 Å². The quantitative estimate of drug-likeness (QED) is 0.559. The molecule has 3 nitrogen and oxygen atoms in total. The van der Waals surface area contributed by atoms with Gasteiger partial charge in [0.05, 0.1) is 0 Å². The number of hydrogen-bond acceptors (Lipinski definition) is 2. The Labute approximate surface area is 119 Å². The Balaban J connectivity index is 2.15. The number of aryl methyl sites for hydroxylation is 1. The summed E-state index contributed by atoms with van der Waals surface area (Å²) >= 11 is 0. The van der Waals surface area contributed by atoms with E-state index in [9.17, 15) is 13.6 Å². The minimum absolute atomic E-state index is 0.0459. The number of nitrogens with one attached hydrogen (secondary N) is 1. The number of benzene rings is 2. The van der Waals surface area contributed by atoms with Crippen molar-refractivity contribution in [2.75, 3.05) is 5.73 Å². The lowest BCUT2D eigenvalue weighted by atomic mass is 10.0. The SMILES string of the molecule is Cc1ccc2c(C(=O)c3cc(F)c(F)cc3N)c[nH]c2c1. The van der Waals surface area contributed by atoms with Gasteiger partial charge in [0.1, 0.15) is 0 Å². The molecule has 3 rings (SSSR count). The standard InChI is InChI=1S/C16H12F2N2O/c1-8-2-3-9-11(7-20-15(9)4-8)16(21)10-5-12(17)13(18)6-14(10)19/h2-7,20H,19H2,1H3. The molecule has 21 heavy (non-hydrogen) atoms. The number of fused-ring (bicyclic) bond motifs is 1. The van der Waals surface area contributed by atoms with Crippen LogP contribution < -0.4 is 5.73 Å². The Hall–Kier alpha value is -2.69. The topological polar surface area (TPSA) is 58.9 Å². The first-order valence-corrected chi connectivity index (χ1v) is 6.34. The van der Waals surface area contributed by atoms with E-state index >= 15 is 0 Å². The fraction of sp³-hybridized carbons (Fsp3) is 0.0625. The van der Waals surface area contributed by atoms with E-state index in [-0.39, 0.29) is 11.3 Å². The summed E-state index contributed by atoms with van der Waals surface area (Å²) in [6, 6.07) is 7.24. The van der Waals surface area contributed by atoms with Crippen molar-refractivity contribution >= 4 is 22.4 Å². The first kappa shape index (κ1) is 13.3. The fourth-order valence-electron chi connectivity index (χ4n) is 2.33. The highest BCUT2D eigenvalue weighted by atomic mass is 19.2. The molecule has 106 valence electrons. The molecule has 0 atom stereocenters. The number of rotatable bonds is 2. The molecular weight excluding hydrogens is 274 g/mol. The first-order valence-electron chi connectivity index (χ1n) is 6.34. The Kier molecular flexibility index (Phi) is 2.97. The summed E-state index contributed by atoms with van der Waals surface area (Å²) < 4.78 is 26.4. The van der Waals surface area contributed by atoms with Gasteiger partial charge >= 0.3 is 0 Å². The number of hydrogen-bond donors (Lipinski definition) is 2. The van der Waals surface area contributed by atoms with Gasteiger partial charge in [-0.05, 0) is 24.6 Å². The van der Waals surface area contributed by atoms with E-state index in [1.54, 1.807) is 6.20 Å². The molecule has 1 heterocycles. The minimum atomic E-state index is -1.09. The Morgan fingerprint density at radius 3 is 2.57 bits per heavy atom. The van der Waals surface area contributed by atoms with Gasteiger partial charge in [-0.2, -0.15) is 0 Å². The summed E-state index contributed by atoms with van der Waals surface area (Å²) in [6.07, 6.45) is 1.55. The number of aromatic nitrogens is 1. The summed E-state index contributed by atoms with van der Waals surface area (Å²) in [4.78, 5) is 15.5. The molecule has 0 aliphatic rings. The molecule has 1 aromatic heterocycles. The van der Waals surface area contributed by atoms with Crippen molar-refractivity contribution in [3.05, 3.63) is 64.9 Å². The van der Waals surface area contributed by atoms with Crippen molar-refractivity contribution in [1.82, 2.24) is 4.98 Å². The van der Waals surface area contributed by atoms with Crippen molar-refractivity contribution in [3.63, 3.8) is 0 Å². The van der Waals surface area contributed by atoms with Crippen LogP contribution in [0.4, 0.5) is 14.5 Å². The summed E-state index contributed by atoms with van der Waals surface area (Å²) in [7, 11) is 0. The summed E-state index contributed by atoms with van der Waals surface area (Å²) in [5.41, 5.74) is 7.73. The molecule has 0 bridgehead atoms. The van der Waals surface area contributed by atoms with E-state index in [0.717, 1.165) is 28.6 Å². The average Bonchev–Trinajstić information content (AvgIpc) is 2.85. The van der Waals surface area contributed by atoms with Gasteiger partial charge in [-0.1, -0.05) is 12.1 Å². The van der Waals surface area contributed by atoms with Crippen LogP contribution in [0.25, 0.3) is 10.9 Å². The molecule has 0 aliphatic carbocycles. The maximum Gasteiger partial charge on any atom is 0.197 e. The van der Waals surface area contributed by atoms with Crippen molar-refractivity contribution in [2.45, 2.75) is 6.92 Å². The van der Waals surface area contributed by atoms with Crippen LogP contribution in [0.5, 0.6) is 0 Å². The van der Waals surface area contributed by atoms with Gasteiger partial charge in [0.25, 0.3) is 0 Å². The second-order valence-electron chi connectivity index (χ2n) is 4.93. The van der Waals surface area contributed by atoms with Crippen LogP contribution in [0, 0.1) is 18.6 Å². The summed E-state index contributed by atoms with van der Waals surface area (Å²) in [5, 5.41) is 0.717. The number of ketones is 1. The van der Waals surface area contributed by atoms with Crippen LogP contribution in [-0.4, -0.2) is 10.8 Å². The molecule has 0 amide bonds. The third kappa shape index (κ3) is 2.16. The van der Waals surface area contributed by atoms with Crippen LogP contribution in [0.1, 0.15) is 21.5 Å². The minimum Gasteiger partial charge on any atom is -0.398 e. The normalized spacial score (nSPS) is 11.0. The van der Waals surface area contributed by atoms with E-state index in [0.29, 0.717) is 5.56 Å². The van der Waals surface area contributed by atoms with Gasteiger partial charge in [-0.25, -0.2) is 8.78 Å². The molecule has 0 saturated carbocycles. The Bertz CT molecular complexity index is 868. The number of carbonyl (C=O) groups excluding carboxylic acids is 1. The monoisotopic (exact) mass is 286 g/mol. The van der Waals surface area contributed by atoms with Crippen molar-refractivity contribution in [1.29, 1.82) is 0 Å². The summed E-state index contributed by atoms with van der Waals surface area (Å²) in [5.74, 6) is -2.61. The zero-order chi connectivity index (χ0) is 15.1. The third-order valence-corrected chi connectivity index (χ3v) is 3.42. The van der Waals surface area contributed by atoms with E-state index in [2.05, 4.69) is 4.98 Å². The zero-order valence-electron chi connectivity index (χ0n) is 11.2. The maximum atomic E-state index is 13.3. The molecule has 3 N–H and O–H groups in total. The molecule has 0 radical (unpaired) electrons. The maximum absolute atomic E-state index is 13.3. The van der Waals surface area contributed by atoms with Gasteiger partial charge < -0.3 is 10.7 Å². The number of anilines is 1. The third-order valence-electron chi connectivity index (χ3n) is 3.42. The fourth-order valence-corrected chi connectivity index (χ4v) is 2.33. The molecule has 0 fully saturated rings. The van der Waals surface area contributed by atoms with Crippen molar-refractivity contribution < 1.29 is 13.6 Å².